The summed E-state index contributed by atoms with van der Waals surface area (Å²) in [5.41, 5.74) is 6.10. The van der Waals surface area contributed by atoms with E-state index in [-0.39, 0.29) is 41.3 Å². The van der Waals surface area contributed by atoms with Crippen LogP contribution in [0.15, 0.2) is 46.1 Å². The molecule has 20 heteroatoms. The molecule has 1 unspecified atom stereocenters. The Labute approximate surface area is 253 Å². The number of methoxy groups -OCH3 is 1. The number of rotatable bonds is 9. The predicted octanol–water partition coefficient (Wildman–Crippen LogP) is 1.07. The molecule has 1 aromatic carbocycles. The molecule has 15 nitrogen and oxygen atoms in total. The summed E-state index contributed by atoms with van der Waals surface area (Å²) in [6, 6.07) is 5.66. The molecular weight excluding hydrogens is 639 g/mol. The fourth-order valence-electron chi connectivity index (χ4n) is 3.73. The number of carbonyl (C=O) groups excluding carboxylic acids is 3. The van der Waals surface area contributed by atoms with Gasteiger partial charge in [-0.2, -0.15) is 13.2 Å². The average molecular weight is 662 g/mol. The van der Waals surface area contributed by atoms with Crippen LogP contribution in [0.4, 0.5) is 18.3 Å². The van der Waals surface area contributed by atoms with Gasteiger partial charge in [-0.05, 0) is 17.7 Å². The van der Waals surface area contributed by atoms with Gasteiger partial charge in [0.05, 0.1) is 13.5 Å². The normalized spacial score (nSPS) is 17.9. The number of amides is 2. The van der Waals surface area contributed by atoms with Crippen LogP contribution in [-0.2, 0) is 35.1 Å². The van der Waals surface area contributed by atoms with Crippen molar-refractivity contribution in [2.24, 2.45) is 5.16 Å². The number of nitrogens with one attached hydrogen (secondary N) is 1. The number of carbonyl (C=O) groups is 5. The van der Waals surface area contributed by atoms with Gasteiger partial charge in [0.2, 0.25) is 0 Å². The van der Waals surface area contributed by atoms with E-state index in [2.05, 4.69) is 20.2 Å². The molecular formula is C24H22F3N5O10S2. The zero-order chi connectivity index (χ0) is 32.8. The number of fused-ring (bicyclic) bond motifs is 1. The molecule has 3 heterocycles. The highest BCUT2D eigenvalue weighted by Crippen LogP contribution is 2.40. The zero-order valence-electron chi connectivity index (χ0n) is 22.2. The van der Waals surface area contributed by atoms with E-state index in [0.717, 1.165) is 21.8 Å². The highest BCUT2D eigenvalue weighted by Gasteiger charge is 2.54. The lowest BCUT2D eigenvalue weighted by Crippen LogP contribution is -2.71. The molecule has 6 N–H and O–H groups in total. The fraction of sp³-hybridized carbons (Fsp3) is 0.292. The summed E-state index contributed by atoms with van der Waals surface area (Å²) in [6.45, 7) is -0.0783. The number of nitrogens with two attached hydrogens (primary N) is 1. The monoisotopic (exact) mass is 661 g/mol. The van der Waals surface area contributed by atoms with E-state index in [0.29, 0.717) is 11.3 Å². The molecule has 1 aromatic heterocycles. The second-order valence-electron chi connectivity index (χ2n) is 8.63. The predicted molar refractivity (Wildman–Crippen MR) is 146 cm³/mol. The SMILES string of the molecule is COC(=O)Cc1ccc(OCC2=C(C(=O)O)N3C(=O)C(NC(=O)/C(=N\O)c4csc(N)n4)[C@H]3SC2)cc1.O=C(O)C(F)(F)F. The summed E-state index contributed by atoms with van der Waals surface area (Å²) >= 11 is 2.31. The number of halogens is 3. The Balaban J connectivity index is 0.000000676. The minimum absolute atomic E-state index is 0.0475. The number of aromatic nitrogens is 1. The number of alkyl halides is 3. The van der Waals surface area contributed by atoms with Gasteiger partial charge in [0.25, 0.3) is 11.8 Å². The number of oxime groups is 1. The van der Waals surface area contributed by atoms with Crippen molar-refractivity contribution in [1.29, 1.82) is 0 Å². The lowest BCUT2D eigenvalue weighted by atomic mass is 10.0. The van der Waals surface area contributed by atoms with Gasteiger partial charge in [-0.3, -0.25) is 19.3 Å². The lowest BCUT2D eigenvalue weighted by molar-refractivity contribution is -0.192. The second kappa shape index (κ2) is 14.1. The number of β-lactam (4-membered cyclic amide) rings is 1. The molecule has 0 spiro atoms. The van der Waals surface area contributed by atoms with E-state index in [1.54, 1.807) is 24.3 Å². The smallest absolute Gasteiger partial charge is 0.489 e. The molecule has 1 saturated heterocycles. The van der Waals surface area contributed by atoms with Crippen LogP contribution in [-0.4, -0.2) is 97.8 Å². The van der Waals surface area contributed by atoms with Gasteiger partial charge in [-0.1, -0.05) is 17.3 Å². The highest BCUT2D eigenvalue weighted by molar-refractivity contribution is 8.00. The van der Waals surface area contributed by atoms with E-state index < -0.39 is 47.1 Å². The molecule has 0 bridgehead atoms. The number of ether oxygens (including phenoxy) is 2. The zero-order valence-corrected chi connectivity index (χ0v) is 23.9. The van der Waals surface area contributed by atoms with Crippen molar-refractivity contribution in [3.05, 3.63) is 52.2 Å². The first kappa shape index (κ1) is 33.6. The molecule has 0 aliphatic carbocycles. The van der Waals surface area contributed by atoms with E-state index in [4.69, 9.17) is 20.4 Å². The van der Waals surface area contributed by atoms with E-state index in [1.165, 1.54) is 24.3 Å². The van der Waals surface area contributed by atoms with Crippen LogP contribution in [0.3, 0.4) is 0 Å². The summed E-state index contributed by atoms with van der Waals surface area (Å²) in [6.07, 6.45) is -4.97. The molecule has 4 rings (SSSR count). The van der Waals surface area contributed by atoms with Crippen LogP contribution < -0.4 is 15.8 Å². The number of hydrogen-bond acceptors (Lipinski definition) is 13. The van der Waals surface area contributed by atoms with Gasteiger partial charge < -0.3 is 35.9 Å². The third-order valence-electron chi connectivity index (χ3n) is 5.77. The number of nitrogen functional groups attached to an aromatic ring is 1. The molecule has 0 saturated carbocycles. The van der Waals surface area contributed by atoms with Gasteiger partial charge >= 0.3 is 24.1 Å². The van der Waals surface area contributed by atoms with Gasteiger partial charge in [0, 0.05) is 16.7 Å². The molecule has 2 aromatic rings. The Kier molecular flexibility index (Phi) is 10.8. The van der Waals surface area contributed by atoms with E-state index >= 15 is 0 Å². The number of nitrogens with zero attached hydrogens (tertiary/aromatic N) is 3. The molecule has 2 amide bonds. The number of esters is 1. The Bertz CT molecular complexity index is 1510. The van der Waals surface area contributed by atoms with Gasteiger partial charge in [0.15, 0.2) is 10.8 Å². The largest absolute Gasteiger partial charge is 0.490 e. The van der Waals surface area contributed by atoms with Crippen molar-refractivity contribution in [2.75, 3.05) is 25.2 Å². The van der Waals surface area contributed by atoms with Crippen LogP contribution >= 0.6 is 23.1 Å². The molecule has 0 radical (unpaired) electrons. The summed E-state index contributed by atoms with van der Waals surface area (Å²) < 4.78 is 42.1. The number of aliphatic carboxylic acids is 2. The van der Waals surface area contributed by atoms with Crippen molar-refractivity contribution < 1.29 is 62.0 Å². The van der Waals surface area contributed by atoms with E-state index in [9.17, 15) is 42.7 Å². The number of anilines is 1. The first-order valence-corrected chi connectivity index (χ1v) is 13.8. The van der Waals surface area contributed by atoms with Crippen LogP contribution in [0.1, 0.15) is 11.3 Å². The molecule has 2 aliphatic rings. The van der Waals surface area contributed by atoms with Gasteiger partial charge in [0.1, 0.15) is 35.2 Å². The topological polar surface area (TPSA) is 231 Å². The maximum Gasteiger partial charge on any atom is 0.490 e. The number of carboxylic acids is 2. The third-order valence-corrected chi connectivity index (χ3v) is 7.78. The van der Waals surface area contributed by atoms with Crippen molar-refractivity contribution in [3.8, 4) is 5.75 Å². The number of thiazole rings is 1. The minimum Gasteiger partial charge on any atom is -0.489 e. The number of benzene rings is 1. The minimum atomic E-state index is -5.08. The Morgan fingerprint density at radius 3 is 2.34 bits per heavy atom. The molecule has 2 atom stereocenters. The summed E-state index contributed by atoms with van der Waals surface area (Å²) in [7, 11) is 1.30. The van der Waals surface area contributed by atoms with Crippen molar-refractivity contribution in [1.82, 2.24) is 15.2 Å². The third kappa shape index (κ3) is 7.95. The maximum absolute atomic E-state index is 12.9. The standard InChI is InChI=1S/C22H21N5O8S2.C2HF3O2/c1-34-14(28)6-10-2-4-12(5-3-10)35-7-11-8-36-20-16(19(30)27(20)17(11)21(31)32)25-18(29)15(26-33)13-9-37-22(23)24-13;3-2(4,5)1(6)7/h2-5,9,16,20,33H,6-8H2,1H3,(H2,23,24)(H,25,29)(H,31,32);(H,6,7)/b26-15-;/t16?,20-;/m1./s1. The lowest BCUT2D eigenvalue weighted by Gasteiger charge is -2.49. The van der Waals surface area contributed by atoms with Gasteiger partial charge in [-0.15, -0.1) is 23.1 Å². The van der Waals surface area contributed by atoms with Crippen molar-refractivity contribution >= 4 is 63.7 Å². The summed E-state index contributed by atoms with van der Waals surface area (Å²) in [5.74, 6) is -5.21. The fourth-order valence-corrected chi connectivity index (χ4v) is 5.60. The number of carboxylic acid groups (broad SMARTS) is 2. The van der Waals surface area contributed by atoms with Crippen LogP contribution in [0, 0.1) is 0 Å². The molecule has 1 fully saturated rings. The summed E-state index contributed by atoms with van der Waals surface area (Å²) in [5, 5.41) is 32.6. The van der Waals surface area contributed by atoms with Crippen molar-refractivity contribution in [2.45, 2.75) is 24.0 Å². The molecule has 236 valence electrons. The molecule has 44 heavy (non-hydrogen) atoms. The second-order valence-corrected chi connectivity index (χ2v) is 10.6. The Morgan fingerprint density at radius 2 is 1.84 bits per heavy atom. The Hall–Kier alpha value is -4.85. The van der Waals surface area contributed by atoms with Crippen LogP contribution in [0.2, 0.25) is 0 Å². The number of thioether (sulfide) groups is 1. The van der Waals surface area contributed by atoms with Crippen LogP contribution in [0.25, 0.3) is 0 Å². The first-order chi connectivity index (χ1) is 20.7. The molecule has 2 aliphatic heterocycles. The average Bonchev–Trinajstić information content (AvgIpc) is 3.40. The quantitative estimate of drug-likeness (QED) is 0.0833. The summed E-state index contributed by atoms with van der Waals surface area (Å²) in [4.78, 5) is 62.8. The number of hydrogen-bond donors (Lipinski definition) is 5. The Morgan fingerprint density at radius 1 is 1.20 bits per heavy atom. The van der Waals surface area contributed by atoms with Gasteiger partial charge in [-0.25, -0.2) is 14.6 Å². The van der Waals surface area contributed by atoms with Crippen LogP contribution in [0.5, 0.6) is 5.75 Å². The first-order valence-electron chi connectivity index (χ1n) is 11.9. The van der Waals surface area contributed by atoms with Crippen molar-refractivity contribution in [3.63, 3.8) is 0 Å². The highest BCUT2D eigenvalue weighted by atomic mass is 32.2. The maximum atomic E-state index is 12.9. The van der Waals surface area contributed by atoms with E-state index in [1.807, 2.05) is 0 Å².